The summed E-state index contributed by atoms with van der Waals surface area (Å²) in [6, 6.07) is 20.7. The van der Waals surface area contributed by atoms with Crippen LogP contribution in [-0.4, -0.2) is 123 Å². The second-order valence-corrected chi connectivity index (χ2v) is 14.6. The highest BCUT2D eigenvalue weighted by molar-refractivity contribution is 9.10. The Hall–Kier alpha value is -1.90. The molecule has 1 fully saturated rings. The van der Waals surface area contributed by atoms with E-state index in [0.29, 0.717) is 79.0 Å². The zero-order valence-electron chi connectivity index (χ0n) is 29.6. The number of amides is 2. The van der Waals surface area contributed by atoms with E-state index in [1.807, 2.05) is 21.9 Å². The van der Waals surface area contributed by atoms with Crippen molar-refractivity contribution in [1.29, 1.82) is 0 Å². The van der Waals surface area contributed by atoms with Crippen molar-refractivity contribution in [2.24, 2.45) is 0 Å². The van der Waals surface area contributed by atoms with Crippen LogP contribution in [0.15, 0.2) is 60.7 Å². The van der Waals surface area contributed by atoms with Crippen molar-refractivity contribution < 1.29 is 28.5 Å². The molecule has 2 aromatic carbocycles. The Morgan fingerprint density at radius 2 is 0.880 bits per heavy atom. The number of alkyl halides is 2. The first-order chi connectivity index (χ1) is 24.5. The van der Waals surface area contributed by atoms with E-state index >= 15 is 0 Å². The zero-order valence-corrected chi connectivity index (χ0v) is 32.8. The number of nitrogens with one attached hydrogen (secondary N) is 2. The fraction of sp³-hybridized carbons (Fsp3) is 0.632. The van der Waals surface area contributed by atoms with Crippen LogP contribution in [0.1, 0.15) is 49.7 Å². The second kappa shape index (κ2) is 27.7. The standard InChI is InChI=1S/C38H58Br2N4O6/c39-35(15-7-9-17-41-31-33-11-3-1-4-12-33)37(45)43-19-23-47-27-29-49-25-21-44(22-26-50-30-28-48-24-20-43)38(46)36(40)16-8-10-18-42-32-34-13-5-2-6-14-34/h1-6,11-14,35-36,41-42H,7-10,15-32H2/t35-,36+. The molecule has 2 N–H and O–H groups in total. The smallest absolute Gasteiger partial charge is 0.236 e. The van der Waals surface area contributed by atoms with Gasteiger partial charge in [-0.05, 0) is 49.9 Å². The van der Waals surface area contributed by atoms with E-state index in [1.165, 1.54) is 11.1 Å². The highest BCUT2D eigenvalue weighted by Crippen LogP contribution is 2.15. The maximum Gasteiger partial charge on any atom is 0.236 e. The summed E-state index contributed by atoms with van der Waals surface area (Å²) >= 11 is 7.27. The molecule has 280 valence electrons. The third kappa shape index (κ3) is 19.1. The first kappa shape index (κ1) is 42.5. The maximum atomic E-state index is 13.3. The molecule has 0 aliphatic carbocycles. The van der Waals surface area contributed by atoms with Crippen molar-refractivity contribution in [3.05, 3.63) is 71.8 Å². The number of ether oxygens (including phenoxy) is 4. The Labute approximate surface area is 316 Å². The summed E-state index contributed by atoms with van der Waals surface area (Å²) in [5, 5.41) is 6.95. The van der Waals surface area contributed by atoms with Gasteiger partial charge in [0.25, 0.3) is 0 Å². The summed E-state index contributed by atoms with van der Waals surface area (Å²) in [6.07, 6.45) is 5.45. The van der Waals surface area contributed by atoms with Gasteiger partial charge >= 0.3 is 0 Å². The van der Waals surface area contributed by atoms with Crippen LogP contribution in [0, 0.1) is 0 Å². The number of halogens is 2. The molecule has 10 nitrogen and oxygen atoms in total. The van der Waals surface area contributed by atoms with Gasteiger partial charge in [-0.3, -0.25) is 9.59 Å². The molecule has 0 radical (unpaired) electrons. The first-order valence-corrected chi connectivity index (χ1v) is 20.0. The molecule has 2 aromatic rings. The van der Waals surface area contributed by atoms with Gasteiger partial charge in [-0.25, -0.2) is 0 Å². The van der Waals surface area contributed by atoms with E-state index in [4.69, 9.17) is 18.9 Å². The van der Waals surface area contributed by atoms with Crippen molar-refractivity contribution in [2.45, 2.75) is 61.3 Å². The average Bonchev–Trinajstić information content (AvgIpc) is 3.14. The van der Waals surface area contributed by atoms with Crippen LogP contribution in [0.25, 0.3) is 0 Å². The van der Waals surface area contributed by atoms with Crippen LogP contribution in [0.2, 0.25) is 0 Å². The van der Waals surface area contributed by atoms with Crippen LogP contribution in [-0.2, 0) is 41.6 Å². The van der Waals surface area contributed by atoms with E-state index in [0.717, 1.165) is 64.7 Å². The van der Waals surface area contributed by atoms with Gasteiger partial charge in [-0.2, -0.15) is 0 Å². The lowest BCUT2D eigenvalue weighted by Gasteiger charge is -2.26. The highest BCUT2D eigenvalue weighted by atomic mass is 79.9. The SMILES string of the molecule is O=C([C@H](Br)CCCCNCc1ccccc1)N1CCOCCOCCN(C(=O)[C@@H](Br)CCCCNCc2ccccc2)CCOCCOCC1. The van der Waals surface area contributed by atoms with Gasteiger partial charge in [0.2, 0.25) is 11.8 Å². The summed E-state index contributed by atoms with van der Waals surface area (Å²) in [5.41, 5.74) is 2.55. The Balaban J connectivity index is 1.31. The van der Waals surface area contributed by atoms with Crippen molar-refractivity contribution in [3.8, 4) is 0 Å². The lowest BCUT2D eigenvalue weighted by Crippen LogP contribution is -2.42. The number of unbranched alkanes of at least 4 members (excludes halogenated alkanes) is 2. The van der Waals surface area contributed by atoms with E-state index in [2.05, 4.69) is 91.0 Å². The molecular weight excluding hydrogens is 768 g/mol. The Morgan fingerprint density at radius 1 is 0.540 bits per heavy atom. The minimum atomic E-state index is -0.243. The number of hydrogen-bond acceptors (Lipinski definition) is 8. The normalized spacial score (nSPS) is 17.4. The van der Waals surface area contributed by atoms with Gasteiger partial charge in [0.15, 0.2) is 0 Å². The third-order valence-corrected chi connectivity index (χ3v) is 10.1. The van der Waals surface area contributed by atoms with Crippen LogP contribution >= 0.6 is 31.9 Å². The molecule has 0 aromatic heterocycles. The zero-order chi connectivity index (χ0) is 35.5. The molecule has 0 saturated carbocycles. The molecule has 3 rings (SSSR count). The van der Waals surface area contributed by atoms with Crippen LogP contribution in [0.3, 0.4) is 0 Å². The van der Waals surface area contributed by atoms with E-state index in [1.54, 1.807) is 0 Å². The molecule has 0 unspecified atom stereocenters. The molecule has 1 aliphatic rings. The minimum Gasteiger partial charge on any atom is -0.377 e. The fourth-order valence-electron chi connectivity index (χ4n) is 5.45. The number of nitrogens with zero attached hydrogens (tertiary/aromatic N) is 2. The quantitative estimate of drug-likeness (QED) is 0.177. The predicted molar refractivity (Wildman–Crippen MR) is 206 cm³/mol. The number of hydrogen-bond donors (Lipinski definition) is 2. The molecule has 1 saturated heterocycles. The molecule has 0 spiro atoms. The van der Waals surface area contributed by atoms with Crippen molar-refractivity contribution >= 4 is 43.7 Å². The van der Waals surface area contributed by atoms with Gasteiger partial charge in [0.05, 0.1) is 62.5 Å². The minimum absolute atomic E-state index is 0.0610. The van der Waals surface area contributed by atoms with Gasteiger partial charge in [0.1, 0.15) is 0 Å². The summed E-state index contributed by atoms with van der Waals surface area (Å²) < 4.78 is 23.3. The number of carbonyl (C=O) groups excluding carboxylic acids is 2. The van der Waals surface area contributed by atoms with E-state index in [-0.39, 0.29) is 21.5 Å². The Morgan fingerprint density at radius 3 is 1.22 bits per heavy atom. The predicted octanol–water partition coefficient (Wildman–Crippen LogP) is 5.17. The molecule has 12 heteroatoms. The number of benzene rings is 2. The first-order valence-electron chi connectivity index (χ1n) is 18.2. The Bertz CT molecular complexity index is 1040. The summed E-state index contributed by atoms with van der Waals surface area (Å²) in [5.74, 6) is 0.122. The van der Waals surface area contributed by atoms with Crippen molar-refractivity contribution in [1.82, 2.24) is 20.4 Å². The van der Waals surface area contributed by atoms with Gasteiger partial charge in [0, 0.05) is 39.3 Å². The second-order valence-electron chi connectivity index (χ2n) is 12.4. The van der Waals surface area contributed by atoms with Gasteiger partial charge < -0.3 is 39.4 Å². The van der Waals surface area contributed by atoms with E-state index in [9.17, 15) is 9.59 Å². The van der Waals surface area contributed by atoms with Crippen LogP contribution in [0.5, 0.6) is 0 Å². The van der Waals surface area contributed by atoms with Crippen LogP contribution in [0.4, 0.5) is 0 Å². The molecule has 2 amide bonds. The lowest BCUT2D eigenvalue weighted by molar-refractivity contribution is -0.133. The maximum absolute atomic E-state index is 13.3. The highest BCUT2D eigenvalue weighted by Gasteiger charge is 2.23. The van der Waals surface area contributed by atoms with Gasteiger partial charge in [-0.15, -0.1) is 0 Å². The lowest BCUT2D eigenvalue weighted by atomic mass is 10.1. The van der Waals surface area contributed by atoms with E-state index < -0.39 is 0 Å². The summed E-state index contributed by atoms with van der Waals surface area (Å²) in [4.78, 5) is 29.7. The molecule has 50 heavy (non-hydrogen) atoms. The molecule has 2 atom stereocenters. The fourth-order valence-corrected chi connectivity index (χ4v) is 6.68. The Kier molecular flexibility index (Phi) is 23.6. The molecular formula is C38H58Br2N4O6. The summed E-state index contributed by atoms with van der Waals surface area (Å²) in [6.45, 7) is 8.81. The molecule has 0 bridgehead atoms. The summed E-state index contributed by atoms with van der Waals surface area (Å²) in [7, 11) is 0. The topological polar surface area (TPSA) is 102 Å². The van der Waals surface area contributed by atoms with Crippen molar-refractivity contribution in [2.75, 3.05) is 92.1 Å². The van der Waals surface area contributed by atoms with Crippen LogP contribution < -0.4 is 10.6 Å². The molecule has 1 heterocycles. The monoisotopic (exact) mass is 824 g/mol. The number of carbonyl (C=O) groups is 2. The van der Waals surface area contributed by atoms with Crippen molar-refractivity contribution in [3.63, 3.8) is 0 Å². The largest absolute Gasteiger partial charge is 0.377 e. The molecule has 1 aliphatic heterocycles. The number of rotatable bonds is 16. The third-order valence-electron chi connectivity index (χ3n) is 8.39. The van der Waals surface area contributed by atoms with Gasteiger partial charge in [-0.1, -0.05) is 105 Å². The average molecular weight is 827 g/mol.